The first-order valence-corrected chi connectivity index (χ1v) is 11.1. The number of fused-ring (bicyclic) bond motifs is 1. The lowest BCUT2D eigenvalue weighted by atomic mass is 10.00. The minimum absolute atomic E-state index is 0.00448. The van der Waals surface area contributed by atoms with Crippen LogP contribution in [0.25, 0.3) is 0 Å². The number of unbranched alkanes of at least 4 members (excludes halogenated alkanes) is 1. The van der Waals surface area contributed by atoms with Crippen LogP contribution in [0.3, 0.4) is 0 Å². The highest BCUT2D eigenvalue weighted by atomic mass is 16.5. The molecule has 2 aromatic rings. The number of benzene rings is 1. The first-order chi connectivity index (χ1) is 14.7. The van der Waals surface area contributed by atoms with E-state index in [0.29, 0.717) is 18.7 Å². The molecule has 0 spiro atoms. The van der Waals surface area contributed by atoms with E-state index in [2.05, 4.69) is 27.9 Å². The third-order valence-corrected chi connectivity index (χ3v) is 6.06. The van der Waals surface area contributed by atoms with Gasteiger partial charge >= 0.3 is 0 Å². The number of carbonyl (C=O) groups excluding carboxylic acids is 1. The van der Waals surface area contributed by atoms with Gasteiger partial charge in [0, 0.05) is 45.1 Å². The molecule has 0 bridgehead atoms. The molecule has 0 N–H and O–H groups in total. The van der Waals surface area contributed by atoms with Crippen LogP contribution in [-0.4, -0.2) is 73.6 Å². The van der Waals surface area contributed by atoms with E-state index >= 15 is 0 Å². The Morgan fingerprint density at radius 1 is 1.07 bits per heavy atom. The summed E-state index contributed by atoms with van der Waals surface area (Å²) in [7, 11) is 2.19. The smallest absolute Gasteiger partial charge is 0.259 e. The highest BCUT2D eigenvalue weighted by Gasteiger charge is 2.27. The second-order valence-corrected chi connectivity index (χ2v) is 8.27. The van der Waals surface area contributed by atoms with Gasteiger partial charge in [-0.15, -0.1) is 0 Å². The van der Waals surface area contributed by atoms with Gasteiger partial charge in [0.05, 0.1) is 17.9 Å². The van der Waals surface area contributed by atoms with Crippen molar-refractivity contribution in [3.63, 3.8) is 0 Å². The zero-order chi connectivity index (χ0) is 20.8. The molecule has 6 heteroatoms. The summed E-state index contributed by atoms with van der Waals surface area (Å²) in [6.07, 6.45) is 7.43. The van der Waals surface area contributed by atoms with E-state index in [1.165, 1.54) is 5.56 Å². The number of likely N-dealkylation sites (N-methyl/N-ethyl adjacent to an activating group) is 1. The van der Waals surface area contributed by atoms with Gasteiger partial charge in [-0.25, -0.2) is 0 Å². The van der Waals surface area contributed by atoms with Crippen LogP contribution in [0.5, 0.6) is 5.75 Å². The second-order valence-electron chi connectivity index (χ2n) is 8.27. The lowest BCUT2D eigenvalue weighted by Gasteiger charge is -2.32. The van der Waals surface area contributed by atoms with Crippen LogP contribution in [0.2, 0.25) is 0 Å². The van der Waals surface area contributed by atoms with Crippen molar-refractivity contribution in [2.75, 3.05) is 57.8 Å². The van der Waals surface area contributed by atoms with Crippen molar-refractivity contribution in [3.8, 4) is 5.75 Å². The average molecular weight is 409 g/mol. The summed E-state index contributed by atoms with van der Waals surface area (Å²) in [5, 5.41) is 0. The Hall–Kier alpha value is -2.44. The van der Waals surface area contributed by atoms with E-state index in [1.807, 2.05) is 23.1 Å². The highest BCUT2D eigenvalue weighted by molar-refractivity contribution is 6.07. The normalized spacial score (nSPS) is 17.6. The first-order valence-electron chi connectivity index (χ1n) is 11.1. The van der Waals surface area contributed by atoms with E-state index in [4.69, 9.17) is 4.74 Å². The van der Waals surface area contributed by atoms with Crippen molar-refractivity contribution in [3.05, 3.63) is 53.9 Å². The molecule has 4 rings (SSSR count). The molecule has 160 valence electrons. The third-order valence-electron chi connectivity index (χ3n) is 6.06. The molecule has 0 radical (unpaired) electrons. The summed E-state index contributed by atoms with van der Waals surface area (Å²) in [6, 6.07) is 9.77. The van der Waals surface area contributed by atoms with Gasteiger partial charge in [0.25, 0.3) is 5.91 Å². The number of aryl methyl sites for hydroxylation is 1. The van der Waals surface area contributed by atoms with Crippen molar-refractivity contribution in [1.29, 1.82) is 0 Å². The minimum Gasteiger partial charge on any atom is -0.491 e. The van der Waals surface area contributed by atoms with Gasteiger partial charge < -0.3 is 19.4 Å². The third kappa shape index (κ3) is 4.99. The van der Waals surface area contributed by atoms with Gasteiger partial charge in [0.1, 0.15) is 5.75 Å². The monoisotopic (exact) mass is 408 g/mol. The first kappa shape index (κ1) is 20.8. The predicted molar refractivity (Wildman–Crippen MR) is 119 cm³/mol. The molecule has 1 saturated heterocycles. The van der Waals surface area contributed by atoms with Gasteiger partial charge in [-0.05, 0) is 63.0 Å². The van der Waals surface area contributed by atoms with Crippen LogP contribution in [0.15, 0.2) is 42.7 Å². The van der Waals surface area contributed by atoms with Gasteiger partial charge in [-0.2, -0.15) is 0 Å². The fraction of sp³-hybridized carbons (Fsp3) is 0.500. The SMILES string of the molecule is CN1CCN(CCCCOc2cccc3c2N(C(=O)c2cccnc2)CCC3)CC1. The minimum atomic E-state index is -0.00448. The molecule has 30 heavy (non-hydrogen) atoms. The van der Waals surface area contributed by atoms with Crippen LogP contribution >= 0.6 is 0 Å². The number of piperazine rings is 1. The topological polar surface area (TPSA) is 48.9 Å². The average Bonchev–Trinajstić information content (AvgIpc) is 2.80. The van der Waals surface area contributed by atoms with Gasteiger partial charge in [0.15, 0.2) is 0 Å². The van der Waals surface area contributed by atoms with Crippen LogP contribution < -0.4 is 9.64 Å². The molecule has 3 heterocycles. The number of hydrogen-bond acceptors (Lipinski definition) is 5. The summed E-state index contributed by atoms with van der Waals surface area (Å²) in [5.74, 6) is 0.819. The number of hydrogen-bond donors (Lipinski definition) is 0. The molecule has 0 unspecified atom stereocenters. The zero-order valence-corrected chi connectivity index (χ0v) is 17.9. The van der Waals surface area contributed by atoms with Crippen molar-refractivity contribution in [1.82, 2.24) is 14.8 Å². The Balaban J connectivity index is 1.36. The lowest BCUT2D eigenvalue weighted by molar-refractivity contribution is 0.0983. The van der Waals surface area contributed by atoms with Gasteiger partial charge in [-0.1, -0.05) is 12.1 Å². The van der Waals surface area contributed by atoms with Crippen molar-refractivity contribution in [2.45, 2.75) is 25.7 Å². The van der Waals surface area contributed by atoms with E-state index in [0.717, 1.165) is 69.8 Å². The molecule has 2 aliphatic rings. The number of pyridine rings is 1. The molecule has 1 aromatic carbocycles. The number of anilines is 1. The molecule has 1 amide bonds. The lowest BCUT2D eigenvalue weighted by Crippen LogP contribution is -2.44. The fourth-order valence-electron chi connectivity index (χ4n) is 4.27. The van der Waals surface area contributed by atoms with Gasteiger partial charge in [-0.3, -0.25) is 9.78 Å². The fourth-order valence-corrected chi connectivity index (χ4v) is 4.27. The molecule has 1 aromatic heterocycles. The molecule has 0 saturated carbocycles. The van der Waals surface area contributed by atoms with Crippen molar-refractivity contribution >= 4 is 11.6 Å². The summed E-state index contributed by atoms with van der Waals surface area (Å²) in [5.41, 5.74) is 2.75. The maximum atomic E-state index is 13.1. The standard InChI is InChI=1S/C24H32N4O2/c1-26-14-16-27(17-15-26)12-2-3-18-30-22-10-4-7-20-9-6-13-28(23(20)22)24(29)21-8-5-11-25-19-21/h4-5,7-8,10-11,19H,2-3,6,9,12-18H2,1H3. The Morgan fingerprint density at radius 2 is 1.93 bits per heavy atom. The summed E-state index contributed by atoms with van der Waals surface area (Å²) in [6.45, 7) is 7.17. The second kappa shape index (κ2) is 10.0. The van der Waals surface area contributed by atoms with Crippen molar-refractivity contribution < 1.29 is 9.53 Å². The van der Waals surface area contributed by atoms with Crippen LogP contribution in [0.4, 0.5) is 5.69 Å². The number of aromatic nitrogens is 1. The quantitative estimate of drug-likeness (QED) is 0.659. The maximum Gasteiger partial charge on any atom is 0.259 e. The number of rotatable bonds is 7. The molecule has 1 fully saturated rings. The molecule has 0 atom stereocenters. The molecule has 6 nitrogen and oxygen atoms in total. The Kier molecular flexibility index (Phi) is 6.97. The highest BCUT2D eigenvalue weighted by Crippen LogP contribution is 2.37. The Bertz CT molecular complexity index is 834. The largest absolute Gasteiger partial charge is 0.491 e. The van der Waals surface area contributed by atoms with Gasteiger partial charge in [0.2, 0.25) is 0 Å². The molecule has 2 aliphatic heterocycles. The number of para-hydroxylation sites is 1. The zero-order valence-electron chi connectivity index (χ0n) is 17.9. The van der Waals surface area contributed by atoms with Crippen LogP contribution in [-0.2, 0) is 6.42 Å². The summed E-state index contributed by atoms with van der Waals surface area (Å²) >= 11 is 0. The van der Waals surface area contributed by atoms with E-state index < -0.39 is 0 Å². The van der Waals surface area contributed by atoms with E-state index in [9.17, 15) is 4.79 Å². The van der Waals surface area contributed by atoms with Crippen LogP contribution in [0, 0.1) is 0 Å². The predicted octanol–water partition coefficient (Wildman–Crippen LogP) is 3.08. The maximum absolute atomic E-state index is 13.1. The molecular weight excluding hydrogens is 376 g/mol. The number of nitrogens with zero attached hydrogens (tertiary/aromatic N) is 4. The van der Waals surface area contributed by atoms with E-state index in [-0.39, 0.29) is 5.91 Å². The molecule has 0 aliphatic carbocycles. The summed E-state index contributed by atoms with van der Waals surface area (Å²) < 4.78 is 6.19. The van der Waals surface area contributed by atoms with Crippen LogP contribution in [0.1, 0.15) is 35.2 Å². The number of amides is 1. The number of ether oxygens (including phenoxy) is 1. The Labute approximate surface area is 179 Å². The summed E-state index contributed by atoms with van der Waals surface area (Å²) in [4.78, 5) is 24.0. The Morgan fingerprint density at radius 3 is 2.73 bits per heavy atom. The van der Waals surface area contributed by atoms with E-state index in [1.54, 1.807) is 18.5 Å². The number of carbonyl (C=O) groups is 1. The van der Waals surface area contributed by atoms with Crippen molar-refractivity contribution in [2.24, 2.45) is 0 Å². The molecular formula is C24H32N4O2.